The Kier molecular flexibility index (Phi) is 6.07. The van der Waals surface area contributed by atoms with E-state index in [-0.39, 0.29) is 28.6 Å². The van der Waals surface area contributed by atoms with E-state index in [0.717, 1.165) is 5.56 Å². The van der Waals surface area contributed by atoms with Gasteiger partial charge in [-0.1, -0.05) is 29.8 Å². The van der Waals surface area contributed by atoms with Gasteiger partial charge in [0, 0.05) is 17.7 Å². The number of para-hydroxylation sites is 1. The van der Waals surface area contributed by atoms with Crippen molar-refractivity contribution in [2.24, 2.45) is 0 Å². The minimum atomic E-state index is -0.564. The van der Waals surface area contributed by atoms with Gasteiger partial charge in [0.2, 0.25) is 0 Å². The molecule has 8 heteroatoms. The molecule has 0 aliphatic heterocycles. The van der Waals surface area contributed by atoms with Gasteiger partial charge >= 0.3 is 0 Å². The van der Waals surface area contributed by atoms with Gasteiger partial charge in [-0.3, -0.25) is 19.7 Å². The van der Waals surface area contributed by atoms with Crippen LogP contribution in [-0.4, -0.2) is 23.8 Å². The summed E-state index contributed by atoms with van der Waals surface area (Å²) in [5.41, 5.74) is 1.87. The Balaban J connectivity index is 1.87. The second kappa shape index (κ2) is 8.87. The molecule has 0 aliphatic carbocycles. The predicted molar refractivity (Wildman–Crippen MR) is 113 cm³/mol. The summed E-state index contributed by atoms with van der Waals surface area (Å²) in [4.78, 5) is 35.9. The molecule has 0 saturated carbocycles. The van der Waals surface area contributed by atoms with Crippen LogP contribution in [0.2, 0.25) is 0 Å². The van der Waals surface area contributed by atoms with Gasteiger partial charge in [0.1, 0.15) is 5.75 Å². The summed E-state index contributed by atoms with van der Waals surface area (Å²) in [6.07, 6.45) is 0. The smallest absolute Gasteiger partial charge is 0.271 e. The molecule has 3 aromatic carbocycles. The SMILES string of the molecule is COc1ccc([N+](=O)[O-])cc1NC(=O)c1ccccc1NC(=O)c1cccc(C)c1. The van der Waals surface area contributed by atoms with Crippen LogP contribution in [0.4, 0.5) is 17.1 Å². The number of anilines is 2. The van der Waals surface area contributed by atoms with Gasteiger partial charge < -0.3 is 15.4 Å². The molecule has 152 valence electrons. The van der Waals surface area contributed by atoms with Crippen LogP contribution in [0, 0.1) is 17.0 Å². The predicted octanol–water partition coefficient (Wildman–Crippen LogP) is 4.42. The quantitative estimate of drug-likeness (QED) is 0.466. The topological polar surface area (TPSA) is 111 Å². The fourth-order valence-corrected chi connectivity index (χ4v) is 2.87. The number of aryl methyl sites for hydroxylation is 1. The number of methoxy groups -OCH3 is 1. The van der Waals surface area contributed by atoms with Crippen molar-refractivity contribution in [1.82, 2.24) is 0 Å². The Labute approximate surface area is 172 Å². The van der Waals surface area contributed by atoms with Crippen molar-refractivity contribution in [2.45, 2.75) is 6.92 Å². The highest BCUT2D eigenvalue weighted by molar-refractivity contribution is 6.13. The highest BCUT2D eigenvalue weighted by Gasteiger charge is 2.18. The number of carbonyl (C=O) groups is 2. The number of benzene rings is 3. The zero-order chi connectivity index (χ0) is 21.7. The van der Waals surface area contributed by atoms with E-state index in [9.17, 15) is 19.7 Å². The van der Waals surface area contributed by atoms with Crippen LogP contribution in [0.25, 0.3) is 0 Å². The highest BCUT2D eigenvalue weighted by Crippen LogP contribution is 2.30. The van der Waals surface area contributed by atoms with Crippen molar-refractivity contribution >= 4 is 28.9 Å². The van der Waals surface area contributed by atoms with Crippen molar-refractivity contribution in [3.63, 3.8) is 0 Å². The van der Waals surface area contributed by atoms with Crippen molar-refractivity contribution in [3.8, 4) is 5.75 Å². The lowest BCUT2D eigenvalue weighted by atomic mass is 10.1. The van der Waals surface area contributed by atoms with E-state index >= 15 is 0 Å². The number of carbonyl (C=O) groups excluding carboxylic acids is 2. The molecule has 0 atom stereocenters. The zero-order valence-corrected chi connectivity index (χ0v) is 16.3. The molecule has 30 heavy (non-hydrogen) atoms. The van der Waals surface area contributed by atoms with E-state index in [4.69, 9.17) is 4.74 Å². The molecule has 2 amide bonds. The minimum Gasteiger partial charge on any atom is -0.495 e. The van der Waals surface area contributed by atoms with E-state index in [0.29, 0.717) is 11.3 Å². The minimum absolute atomic E-state index is 0.150. The van der Waals surface area contributed by atoms with Gasteiger partial charge in [0.25, 0.3) is 17.5 Å². The summed E-state index contributed by atoms with van der Waals surface area (Å²) in [5.74, 6) is -0.629. The van der Waals surface area contributed by atoms with Crippen molar-refractivity contribution in [3.05, 3.63) is 93.5 Å². The number of nitro groups is 1. The first kappa shape index (κ1) is 20.5. The molecule has 3 rings (SSSR count). The van der Waals surface area contributed by atoms with Gasteiger partial charge in [-0.2, -0.15) is 0 Å². The van der Waals surface area contributed by atoms with Crippen LogP contribution in [-0.2, 0) is 0 Å². The third-order valence-electron chi connectivity index (χ3n) is 4.34. The molecule has 0 heterocycles. The van der Waals surface area contributed by atoms with Crippen LogP contribution in [0.5, 0.6) is 5.75 Å². The average molecular weight is 405 g/mol. The molecule has 0 aromatic heterocycles. The van der Waals surface area contributed by atoms with E-state index in [1.54, 1.807) is 42.5 Å². The van der Waals surface area contributed by atoms with Crippen LogP contribution in [0.15, 0.2) is 66.7 Å². The maximum absolute atomic E-state index is 12.9. The first-order valence-electron chi connectivity index (χ1n) is 9.00. The van der Waals surface area contributed by atoms with E-state index in [2.05, 4.69) is 10.6 Å². The van der Waals surface area contributed by atoms with Crippen LogP contribution >= 0.6 is 0 Å². The maximum atomic E-state index is 12.9. The molecule has 0 bridgehead atoms. The largest absolute Gasteiger partial charge is 0.495 e. The summed E-state index contributed by atoms with van der Waals surface area (Å²) in [7, 11) is 1.40. The van der Waals surface area contributed by atoms with E-state index in [1.807, 2.05) is 13.0 Å². The Morgan fingerprint density at radius 3 is 2.33 bits per heavy atom. The number of ether oxygens (including phenoxy) is 1. The fourth-order valence-electron chi connectivity index (χ4n) is 2.87. The van der Waals surface area contributed by atoms with Crippen LogP contribution in [0.1, 0.15) is 26.3 Å². The molecular weight excluding hydrogens is 386 g/mol. The molecule has 0 radical (unpaired) electrons. The molecule has 0 aliphatic rings. The summed E-state index contributed by atoms with van der Waals surface area (Å²) < 4.78 is 5.17. The number of hydrogen-bond donors (Lipinski definition) is 2. The fraction of sp³-hybridized carbons (Fsp3) is 0.0909. The lowest BCUT2D eigenvalue weighted by Crippen LogP contribution is -2.18. The first-order chi connectivity index (χ1) is 14.4. The molecule has 0 fully saturated rings. The number of nitro benzene ring substituents is 1. The first-order valence-corrected chi connectivity index (χ1v) is 9.00. The van der Waals surface area contributed by atoms with Gasteiger partial charge in [-0.05, 0) is 37.3 Å². The molecular formula is C22H19N3O5. The Hall–Kier alpha value is -4.20. The Bertz CT molecular complexity index is 1130. The standard InChI is InChI=1S/C22H19N3O5/c1-14-6-5-7-15(12-14)21(26)23-18-9-4-3-8-17(18)22(27)24-19-13-16(25(28)29)10-11-20(19)30-2/h3-13H,1-2H3,(H,23,26)(H,24,27). The lowest BCUT2D eigenvalue weighted by Gasteiger charge is -2.13. The number of rotatable bonds is 6. The molecule has 2 N–H and O–H groups in total. The molecule has 0 unspecified atom stereocenters. The highest BCUT2D eigenvalue weighted by atomic mass is 16.6. The molecule has 3 aromatic rings. The number of nitrogens with zero attached hydrogens (tertiary/aromatic N) is 1. The summed E-state index contributed by atoms with van der Waals surface area (Å²) in [6.45, 7) is 1.88. The van der Waals surface area contributed by atoms with Crippen molar-refractivity contribution in [2.75, 3.05) is 17.7 Å². The summed E-state index contributed by atoms with van der Waals surface area (Å²) in [6, 6.07) is 17.5. The molecule has 0 saturated heterocycles. The Morgan fingerprint density at radius 2 is 1.63 bits per heavy atom. The molecule has 8 nitrogen and oxygen atoms in total. The van der Waals surface area contributed by atoms with Gasteiger partial charge in [-0.25, -0.2) is 0 Å². The van der Waals surface area contributed by atoms with Crippen molar-refractivity contribution in [1.29, 1.82) is 0 Å². The second-order valence-electron chi connectivity index (χ2n) is 6.47. The third-order valence-corrected chi connectivity index (χ3v) is 4.34. The molecule has 0 spiro atoms. The normalized spacial score (nSPS) is 10.2. The number of nitrogens with one attached hydrogen (secondary N) is 2. The van der Waals surface area contributed by atoms with Crippen LogP contribution < -0.4 is 15.4 Å². The van der Waals surface area contributed by atoms with E-state index in [1.165, 1.54) is 25.3 Å². The lowest BCUT2D eigenvalue weighted by molar-refractivity contribution is -0.384. The maximum Gasteiger partial charge on any atom is 0.271 e. The number of hydrogen-bond acceptors (Lipinski definition) is 5. The monoisotopic (exact) mass is 405 g/mol. The third kappa shape index (κ3) is 4.61. The van der Waals surface area contributed by atoms with Gasteiger partial charge in [0.15, 0.2) is 0 Å². The van der Waals surface area contributed by atoms with Crippen LogP contribution in [0.3, 0.4) is 0 Å². The van der Waals surface area contributed by atoms with Gasteiger partial charge in [-0.15, -0.1) is 0 Å². The van der Waals surface area contributed by atoms with Gasteiger partial charge in [0.05, 0.1) is 29.0 Å². The number of non-ortho nitro benzene ring substituents is 1. The Morgan fingerprint density at radius 1 is 0.900 bits per heavy atom. The average Bonchev–Trinajstić information content (AvgIpc) is 2.74. The van der Waals surface area contributed by atoms with Crippen molar-refractivity contribution < 1.29 is 19.2 Å². The summed E-state index contributed by atoms with van der Waals surface area (Å²) in [5, 5.41) is 16.4. The van der Waals surface area contributed by atoms with E-state index < -0.39 is 10.8 Å². The number of amides is 2. The zero-order valence-electron chi connectivity index (χ0n) is 16.3. The summed E-state index contributed by atoms with van der Waals surface area (Å²) >= 11 is 0. The second-order valence-corrected chi connectivity index (χ2v) is 6.47.